The minimum atomic E-state index is -0.601. The summed E-state index contributed by atoms with van der Waals surface area (Å²) in [7, 11) is 1.30. The molecule has 2 aliphatic rings. The number of fused-ring (bicyclic) bond motifs is 1. The highest BCUT2D eigenvalue weighted by molar-refractivity contribution is 6.22. The molecule has 1 unspecified atom stereocenters. The second kappa shape index (κ2) is 6.90. The summed E-state index contributed by atoms with van der Waals surface area (Å²) in [6, 6.07) is 3.92. The lowest BCUT2D eigenvalue weighted by Crippen LogP contribution is -2.41. The highest BCUT2D eigenvalue weighted by Gasteiger charge is 2.38. The maximum Gasteiger partial charge on any atom is 0.328 e. The van der Waals surface area contributed by atoms with E-state index in [1.54, 1.807) is 0 Å². The van der Waals surface area contributed by atoms with Crippen molar-refractivity contribution in [2.24, 2.45) is 5.92 Å². The van der Waals surface area contributed by atoms with Crippen molar-refractivity contribution in [1.29, 1.82) is 0 Å². The molecular weight excluding hydrogens is 336 g/mol. The first kappa shape index (κ1) is 18.1. The van der Waals surface area contributed by atoms with Crippen LogP contribution in [-0.2, 0) is 9.53 Å². The van der Waals surface area contributed by atoms with Gasteiger partial charge in [-0.3, -0.25) is 19.3 Å². The first-order valence-electron chi connectivity index (χ1n) is 8.74. The number of rotatable bonds is 4. The third-order valence-electron chi connectivity index (χ3n) is 4.75. The molecule has 2 aliphatic heterocycles. The zero-order chi connectivity index (χ0) is 19.0. The Morgan fingerprint density at radius 1 is 1.19 bits per heavy atom. The van der Waals surface area contributed by atoms with Crippen LogP contribution < -0.4 is 0 Å². The van der Waals surface area contributed by atoms with Crippen LogP contribution in [0.5, 0.6) is 0 Å². The Hall–Kier alpha value is -2.70. The smallest absolute Gasteiger partial charge is 0.328 e. The van der Waals surface area contributed by atoms with Gasteiger partial charge in [0.1, 0.15) is 6.04 Å². The number of likely N-dealkylation sites (tertiary alicyclic amines) is 1. The zero-order valence-electron chi connectivity index (χ0n) is 15.2. The Balaban J connectivity index is 1.88. The van der Waals surface area contributed by atoms with Crippen LogP contribution in [0.4, 0.5) is 0 Å². The van der Waals surface area contributed by atoms with Crippen LogP contribution in [0.3, 0.4) is 0 Å². The van der Waals surface area contributed by atoms with Gasteiger partial charge in [-0.1, -0.05) is 13.8 Å². The van der Waals surface area contributed by atoms with E-state index in [0.29, 0.717) is 30.6 Å². The van der Waals surface area contributed by atoms with Crippen molar-refractivity contribution >= 4 is 23.7 Å². The molecule has 1 fully saturated rings. The molecule has 1 aromatic rings. The summed E-state index contributed by atoms with van der Waals surface area (Å²) < 4.78 is 4.77. The number of hydrogen-bond acceptors (Lipinski definition) is 5. The summed E-state index contributed by atoms with van der Waals surface area (Å²) in [5.41, 5.74) is 0.862. The number of ether oxygens (including phenoxy) is 1. The number of amides is 3. The monoisotopic (exact) mass is 358 g/mol. The maximum atomic E-state index is 12.8. The van der Waals surface area contributed by atoms with Crippen molar-refractivity contribution in [3.05, 3.63) is 34.9 Å². The van der Waals surface area contributed by atoms with Gasteiger partial charge in [0.2, 0.25) is 0 Å². The van der Waals surface area contributed by atoms with Gasteiger partial charge in [-0.25, -0.2) is 4.79 Å². The van der Waals surface area contributed by atoms with E-state index in [0.717, 1.165) is 6.42 Å². The van der Waals surface area contributed by atoms with Crippen LogP contribution in [0, 0.1) is 5.92 Å². The van der Waals surface area contributed by atoms with Crippen LogP contribution in [0.2, 0.25) is 0 Å². The molecule has 1 aromatic carbocycles. The van der Waals surface area contributed by atoms with Crippen molar-refractivity contribution in [3.63, 3.8) is 0 Å². The molecule has 7 nitrogen and oxygen atoms in total. The van der Waals surface area contributed by atoms with E-state index in [9.17, 15) is 19.2 Å². The van der Waals surface area contributed by atoms with Crippen LogP contribution in [0.25, 0.3) is 0 Å². The van der Waals surface area contributed by atoms with Crippen LogP contribution >= 0.6 is 0 Å². The van der Waals surface area contributed by atoms with E-state index in [1.165, 1.54) is 35.1 Å². The summed E-state index contributed by atoms with van der Waals surface area (Å²) in [6.07, 6.45) is 1.28. The third kappa shape index (κ3) is 2.98. The zero-order valence-corrected chi connectivity index (χ0v) is 15.2. The number of imide groups is 1. The summed E-state index contributed by atoms with van der Waals surface area (Å²) in [4.78, 5) is 52.4. The second-order valence-corrected chi connectivity index (χ2v) is 7.05. The molecule has 1 saturated heterocycles. The molecule has 0 aromatic heterocycles. The Labute approximate surface area is 151 Å². The number of nitrogens with zero attached hydrogens (tertiary/aromatic N) is 2. The van der Waals surface area contributed by atoms with Gasteiger partial charge in [-0.05, 0) is 37.0 Å². The molecule has 0 N–H and O–H groups in total. The van der Waals surface area contributed by atoms with Crippen molar-refractivity contribution < 1.29 is 23.9 Å². The van der Waals surface area contributed by atoms with E-state index in [4.69, 9.17) is 4.74 Å². The lowest BCUT2D eigenvalue weighted by atomic mass is 10.0. The van der Waals surface area contributed by atoms with E-state index in [1.807, 2.05) is 13.8 Å². The van der Waals surface area contributed by atoms with Gasteiger partial charge in [0.25, 0.3) is 17.7 Å². The first-order valence-corrected chi connectivity index (χ1v) is 8.74. The molecule has 0 radical (unpaired) electrons. The molecule has 3 rings (SSSR count). The Morgan fingerprint density at radius 3 is 2.54 bits per heavy atom. The fraction of sp³-hybridized carbons (Fsp3) is 0.474. The average Bonchev–Trinajstić information content (AvgIpc) is 3.20. The minimum absolute atomic E-state index is 0.156. The second-order valence-electron chi connectivity index (χ2n) is 7.05. The molecule has 0 aliphatic carbocycles. The van der Waals surface area contributed by atoms with Gasteiger partial charge in [0, 0.05) is 18.7 Å². The third-order valence-corrected chi connectivity index (χ3v) is 4.75. The van der Waals surface area contributed by atoms with Gasteiger partial charge >= 0.3 is 5.97 Å². The predicted molar refractivity (Wildman–Crippen MR) is 92.7 cm³/mol. The highest BCUT2D eigenvalue weighted by atomic mass is 16.5. The van der Waals surface area contributed by atoms with Gasteiger partial charge in [0.15, 0.2) is 0 Å². The summed E-state index contributed by atoms with van der Waals surface area (Å²) >= 11 is 0. The maximum absolute atomic E-state index is 12.8. The number of carbonyl (C=O) groups excluding carboxylic acids is 4. The van der Waals surface area contributed by atoms with E-state index in [2.05, 4.69) is 0 Å². The summed E-state index contributed by atoms with van der Waals surface area (Å²) in [5.74, 6) is -1.32. The lowest BCUT2D eigenvalue weighted by Gasteiger charge is -2.22. The number of benzene rings is 1. The highest BCUT2D eigenvalue weighted by Crippen LogP contribution is 2.27. The SMILES string of the molecule is COC(=O)C1CCCN1C(=O)c1ccc2c(c1)C(=O)N(CC(C)C)C2=O. The first-order chi connectivity index (χ1) is 12.3. The van der Waals surface area contributed by atoms with Crippen molar-refractivity contribution in [2.45, 2.75) is 32.7 Å². The van der Waals surface area contributed by atoms with E-state index >= 15 is 0 Å². The molecule has 26 heavy (non-hydrogen) atoms. The number of carbonyl (C=O) groups is 4. The van der Waals surface area contributed by atoms with Crippen molar-refractivity contribution in [1.82, 2.24) is 9.80 Å². The number of hydrogen-bond donors (Lipinski definition) is 0. The Kier molecular flexibility index (Phi) is 4.80. The fourth-order valence-corrected chi connectivity index (χ4v) is 3.51. The number of methoxy groups -OCH3 is 1. The molecule has 0 saturated carbocycles. The quantitative estimate of drug-likeness (QED) is 0.604. The van der Waals surface area contributed by atoms with Crippen LogP contribution in [0.15, 0.2) is 18.2 Å². The normalized spacial score (nSPS) is 19.3. The molecule has 138 valence electrons. The van der Waals surface area contributed by atoms with Crippen LogP contribution in [-0.4, -0.2) is 59.7 Å². The predicted octanol–water partition coefficient (Wildman–Crippen LogP) is 1.72. The molecule has 1 atom stereocenters. The number of esters is 1. The summed E-state index contributed by atoms with van der Waals surface area (Å²) in [5, 5.41) is 0. The fourth-order valence-electron chi connectivity index (χ4n) is 3.51. The van der Waals surface area contributed by atoms with Crippen molar-refractivity contribution in [2.75, 3.05) is 20.2 Å². The molecule has 0 bridgehead atoms. The van der Waals surface area contributed by atoms with Crippen LogP contribution in [0.1, 0.15) is 57.8 Å². The molecule has 7 heteroatoms. The largest absolute Gasteiger partial charge is 0.467 e. The molecule has 2 heterocycles. The Morgan fingerprint density at radius 2 is 1.88 bits per heavy atom. The molecule has 3 amide bonds. The molecular formula is C19H22N2O5. The summed E-state index contributed by atoms with van der Waals surface area (Å²) in [6.45, 7) is 4.66. The Bertz CT molecular complexity index is 786. The van der Waals surface area contributed by atoms with Crippen molar-refractivity contribution in [3.8, 4) is 0 Å². The van der Waals surface area contributed by atoms with E-state index < -0.39 is 12.0 Å². The average molecular weight is 358 g/mol. The lowest BCUT2D eigenvalue weighted by molar-refractivity contribution is -0.145. The molecule has 0 spiro atoms. The standard InChI is InChI=1S/C19H22N2O5/c1-11(2)10-21-17(23)13-7-6-12(9-14(13)18(21)24)16(22)20-8-4-5-15(20)19(25)26-3/h6-7,9,11,15H,4-5,8,10H2,1-3H3. The minimum Gasteiger partial charge on any atom is -0.467 e. The van der Waals surface area contributed by atoms with E-state index in [-0.39, 0.29) is 29.2 Å². The van der Waals surface area contributed by atoms with Gasteiger partial charge in [0.05, 0.1) is 18.2 Å². The van der Waals surface area contributed by atoms with Gasteiger partial charge in [-0.2, -0.15) is 0 Å². The topological polar surface area (TPSA) is 84.0 Å². The van der Waals surface area contributed by atoms with Gasteiger partial charge < -0.3 is 9.64 Å². The van der Waals surface area contributed by atoms with Gasteiger partial charge in [-0.15, -0.1) is 0 Å².